The number of primary amides is 1. The number of H-pyrrole nitrogens is 1. The Morgan fingerprint density at radius 2 is 2.00 bits per heavy atom. The van der Waals surface area contributed by atoms with Crippen LogP contribution in [0.5, 0.6) is 0 Å². The van der Waals surface area contributed by atoms with Crippen molar-refractivity contribution in [3.05, 3.63) is 76.1 Å². The number of nitrogens with one attached hydrogen (secondary N) is 1. The minimum absolute atomic E-state index is 0.393. The minimum atomic E-state index is -0.393. The van der Waals surface area contributed by atoms with E-state index in [4.69, 9.17) is 10.7 Å². The highest BCUT2D eigenvalue weighted by molar-refractivity contribution is 7.15. The van der Waals surface area contributed by atoms with Gasteiger partial charge in [-0.2, -0.15) is 0 Å². The van der Waals surface area contributed by atoms with Gasteiger partial charge in [0.25, 0.3) is 0 Å². The molecule has 0 atom stereocenters. The first kappa shape index (κ1) is 16.5. The third-order valence-electron chi connectivity index (χ3n) is 4.57. The van der Waals surface area contributed by atoms with Crippen molar-refractivity contribution in [2.75, 3.05) is 0 Å². The number of aromatic amines is 1. The molecular weight excluding hydrogens is 342 g/mol. The molecule has 0 fully saturated rings. The smallest absolute Gasteiger partial charge is 0.248 e. The molecule has 0 saturated carbocycles. The van der Waals surface area contributed by atoms with Crippen LogP contribution in [0.1, 0.15) is 32.2 Å². The van der Waals surface area contributed by atoms with E-state index in [1.165, 1.54) is 10.9 Å². The summed E-state index contributed by atoms with van der Waals surface area (Å²) < 4.78 is 0. The summed E-state index contributed by atoms with van der Waals surface area (Å²) in [5.74, 6) is -0.393. The number of carbonyl (C=O) groups is 1. The number of hydrogen-bond acceptors (Lipinski definition) is 3. The number of hydrogen-bond donors (Lipinski definition) is 2. The number of aryl methyl sites for hydroxylation is 2. The zero-order chi connectivity index (χ0) is 18.3. The maximum absolute atomic E-state index is 11.4. The molecule has 0 aliphatic carbocycles. The van der Waals surface area contributed by atoms with E-state index >= 15 is 0 Å². The molecule has 130 valence electrons. The third-order valence-corrected chi connectivity index (χ3v) is 5.78. The number of aromatic nitrogens is 2. The van der Waals surface area contributed by atoms with Gasteiger partial charge < -0.3 is 10.7 Å². The molecule has 1 amide bonds. The molecular formula is C21H19N3OS. The van der Waals surface area contributed by atoms with Gasteiger partial charge in [-0.05, 0) is 60.2 Å². The highest BCUT2D eigenvalue weighted by atomic mass is 32.1. The number of fused-ring (bicyclic) bond motifs is 1. The molecule has 0 unspecified atom stereocenters. The zero-order valence-corrected chi connectivity index (χ0v) is 15.5. The molecule has 4 rings (SSSR count). The Morgan fingerprint density at radius 1 is 1.15 bits per heavy atom. The lowest BCUT2D eigenvalue weighted by Crippen LogP contribution is -2.12. The van der Waals surface area contributed by atoms with Gasteiger partial charge in [0.05, 0.1) is 15.6 Å². The quantitative estimate of drug-likeness (QED) is 0.558. The van der Waals surface area contributed by atoms with Gasteiger partial charge in [-0.1, -0.05) is 18.2 Å². The largest absolute Gasteiger partial charge is 0.366 e. The van der Waals surface area contributed by atoms with Crippen LogP contribution in [-0.4, -0.2) is 15.9 Å². The number of nitrogens with zero attached hydrogens (tertiary/aromatic N) is 1. The molecule has 2 heterocycles. The SMILES string of the molecule is Cc1cc(-c2sc(Cc3ccc4cc[nH]c4c3)nc2C)ccc1C(N)=O. The summed E-state index contributed by atoms with van der Waals surface area (Å²) in [6, 6.07) is 14.3. The van der Waals surface area contributed by atoms with Crippen LogP contribution in [0, 0.1) is 13.8 Å². The Hall–Kier alpha value is -2.92. The minimum Gasteiger partial charge on any atom is -0.366 e. The fourth-order valence-electron chi connectivity index (χ4n) is 3.26. The summed E-state index contributed by atoms with van der Waals surface area (Å²) in [5.41, 5.74) is 11.3. The van der Waals surface area contributed by atoms with Crippen LogP contribution in [0.4, 0.5) is 0 Å². The molecule has 0 aliphatic heterocycles. The molecule has 5 heteroatoms. The van der Waals surface area contributed by atoms with E-state index in [-0.39, 0.29) is 0 Å². The van der Waals surface area contributed by atoms with Gasteiger partial charge in [-0.15, -0.1) is 11.3 Å². The molecule has 2 aromatic heterocycles. The normalized spacial score (nSPS) is 11.2. The molecule has 0 bridgehead atoms. The summed E-state index contributed by atoms with van der Waals surface area (Å²) in [6.07, 6.45) is 2.76. The fourth-order valence-corrected chi connectivity index (χ4v) is 4.35. The maximum Gasteiger partial charge on any atom is 0.248 e. The molecule has 0 spiro atoms. The summed E-state index contributed by atoms with van der Waals surface area (Å²) in [4.78, 5) is 20.6. The first-order valence-electron chi connectivity index (χ1n) is 8.44. The Bertz CT molecular complexity index is 1120. The van der Waals surface area contributed by atoms with E-state index in [1.807, 2.05) is 32.2 Å². The Labute approximate surface area is 155 Å². The second-order valence-corrected chi connectivity index (χ2v) is 7.58. The molecule has 4 aromatic rings. The lowest BCUT2D eigenvalue weighted by atomic mass is 10.0. The number of nitrogens with two attached hydrogens (primary N) is 1. The first-order chi connectivity index (χ1) is 12.5. The summed E-state index contributed by atoms with van der Waals surface area (Å²) in [5, 5.41) is 2.30. The maximum atomic E-state index is 11.4. The monoisotopic (exact) mass is 361 g/mol. The Morgan fingerprint density at radius 3 is 2.77 bits per heavy atom. The molecule has 0 saturated heterocycles. The van der Waals surface area contributed by atoms with Gasteiger partial charge >= 0.3 is 0 Å². The Balaban J connectivity index is 1.64. The highest BCUT2D eigenvalue weighted by Gasteiger charge is 2.13. The molecule has 0 aliphatic rings. The van der Waals surface area contributed by atoms with Crippen LogP contribution in [0.2, 0.25) is 0 Å². The number of amides is 1. The van der Waals surface area contributed by atoms with Gasteiger partial charge in [-0.25, -0.2) is 4.98 Å². The summed E-state index contributed by atoms with van der Waals surface area (Å²) in [6.45, 7) is 3.94. The average molecular weight is 361 g/mol. The summed E-state index contributed by atoms with van der Waals surface area (Å²) >= 11 is 1.70. The lowest BCUT2D eigenvalue weighted by Gasteiger charge is -2.05. The van der Waals surface area contributed by atoms with Crippen molar-refractivity contribution >= 4 is 28.1 Å². The van der Waals surface area contributed by atoms with Gasteiger partial charge in [0, 0.05) is 23.7 Å². The molecule has 26 heavy (non-hydrogen) atoms. The second-order valence-electron chi connectivity index (χ2n) is 6.49. The lowest BCUT2D eigenvalue weighted by molar-refractivity contribution is 0.0999. The number of rotatable bonds is 4. The fraction of sp³-hybridized carbons (Fsp3) is 0.143. The van der Waals surface area contributed by atoms with E-state index < -0.39 is 5.91 Å². The molecule has 2 aromatic carbocycles. The summed E-state index contributed by atoms with van der Waals surface area (Å²) in [7, 11) is 0. The standard InChI is InChI=1S/C21H19N3OS/c1-12-9-16(5-6-17(12)21(22)25)20-13(2)24-19(26-20)11-14-3-4-15-7-8-23-18(15)10-14/h3-10,23H,11H2,1-2H3,(H2,22,25). The number of thiazole rings is 1. The van der Waals surface area contributed by atoms with Crippen molar-refractivity contribution in [3.63, 3.8) is 0 Å². The van der Waals surface area contributed by atoms with E-state index in [1.54, 1.807) is 17.4 Å². The third kappa shape index (κ3) is 3.02. The van der Waals surface area contributed by atoms with Gasteiger partial charge in [0.2, 0.25) is 5.91 Å². The van der Waals surface area contributed by atoms with E-state index in [9.17, 15) is 4.79 Å². The van der Waals surface area contributed by atoms with Crippen LogP contribution in [-0.2, 0) is 6.42 Å². The predicted molar refractivity (Wildman–Crippen MR) is 107 cm³/mol. The van der Waals surface area contributed by atoms with E-state index in [2.05, 4.69) is 29.2 Å². The number of benzene rings is 2. The van der Waals surface area contributed by atoms with Gasteiger partial charge in [0.1, 0.15) is 0 Å². The van der Waals surface area contributed by atoms with Crippen LogP contribution < -0.4 is 5.73 Å². The average Bonchev–Trinajstić information content (AvgIpc) is 3.20. The molecule has 0 radical (unpaired) electrons. The number of carbonyl (C=O) groups excluding carboxylic acids is 1. The highest BCUT2D eigenvalue weighted by Crippen LogP contribution is 2.32. The van der Waals surface area contributed by atoms with Gasteiger partial charge in [-0.3, -0.25) is 4.79 Å². The van der Waals surface area contributed by atoms with Crippen LogP contribution in [0.25, 0.3) is 21.3 Å². The topological polar surface area (TPSA) is 71.8 Å². The van der Waals surface area contributed by atoms with Crippen molar-refractivity contribution in [1.29, 1.82) is 0 Å². The van der Waals surface area contributed by atoms with Crippen molar-refractivity contribution < 1.29 is 4.79 Å². The van der Waals surface area contributed by atoms with Crippen LogP contribution in [0.15, 0.2) is 48.7 Å². The van der Waals surface area contributed by atoms with Crippen molar-refractivity contribution in [2.45, 2.75) is 20.3 Å². The first-order valence-corrected chi connectivity index (χ1v) is 9.26. The van der Waals surface area contributed by atoms with E-state index in [0.717, 1.165) is 38.6 Å². The predicted octanol–water partition coefficient (Wildman–Crippen LogP) is 4.60. The Kier molecular flexibility index (Phi) is 4.09. The van der Waals surface area contributed by atoms with Crippen molar-refractivity contribution in [1.82, 2.24) is 9.97 Å². The van der Waals surface area contributed by atoms with Crippen molar-refractivity contribution in [3.8, 4) is 10.4 Å². The molecule has 4 nitrogen and oxygen atoms in total. The van der Waals surface area contributed by atoms with Crippen LogP contribution in [0.3, 0.4) is 0 Å². The van der Waals surface area contributed by atoms with Crippen LogP contribution >= 0.6 is 11.3 Å². The zero-order valence-electron chi connectivity index (χ0n) is 14.7. The van der Waals surface area contributed by atoms with E-state index in [0.29, 0.717) is 5.56 Å². The van der Waals surface area contributed by atoms with Gasteiger partial charge in [0.15, 0.2) is 0 Å². The van der Waals surface area contributed by atoms with Crippen molar-refractivity contribution in [2.24, 2.45) is 5.73 Å². The molecule has 3 N–H and O–H groups in total. The second kappa shape index (κ2) is 6.42.